The van der Waals surface area contributed by atoms with Gasteiger partial charge < -0.3 is 10.1 Å². The summed E-state index contributed by atoms with van der Waals surface area (Å²) in [6.45, 7) is 0.910. The van der Waals surface area contributed by atoms with Crippen molar-refractivity contribution in [1.82, 2.24) is 5.32 Å². The number of benzene rings is 3. The first-order valence-corrected chi connectivity index (χ1v) is 9.63. The predicted octanol–water partition coefficient (Wildman–Crippen LogP) is 4.51. The van der Waals surface area contributed by atoms with Crippen LogP contribution in [0.25, 0.3) is 10.8 Å². The van der Waals surface area contributed by atoms with E-state index in [-0.39, 0.29) is 5.91 Å². The van der Waals surface area contributed by atoms with Crippen LogP contribution in [0.2, 0.25) is 0 Å². The monoisotopic (exact) mass is 351 g/mol. The van der Waals surface area contributed by atoms with Crippen molar-refractivity contribution < 1.29 is 9.53 Å². The number of carbonyl (C=O) groups is 1. The minimum absolute atomic E-state index is 0.0715. The van der Waals surface area contributed by atoms with E-state index in [1.54, 1.807) is 11.8 Å². The Morgan fingerprint density at radius 1 is 1.00 bits per heavy atom. The molecule has 0 aromatic heterocycles. The lowest BCUT2D eigenvalue weighted by atomic mass is 10.1. The molecule has 0 unspecified atom stereocenters. The van der Waals surface area contributed by atoms with Crippen LogP contribution in [0, 0.1) is 0 Å². The average molecular weight is 351 g/mol. The maximum absolute atomic E-state index is 12.1. The highest BCUT2D eigenvalue weighted by atomic mass is 32.2. The van der Waals surface area contributed by atoms with E-state index in [4.69, 9.17) is 4.74 Å². The predicted molar refractivity (Wildman–Crippen MR) is 105 cm³/mol. The van der Waals surface area contributed by atoms with Gasteiger partial charge in [-0.1, -0.05) is 42.5 Å². The third kappa shape index (κ3) is 4.77. The Morgan fingerprint density at radius 2 is 1.76 bits per heavy atom. The van der Waals surface area contributed by atoms with Gasteiger partial charge >= 0.3 is 0 Å². The van der Waals surface area contributed by atoms with Crippen LogP contribution >= 0.6 is 11.8 Å². The van der Waals surface area contributed by atoms with E-state index in [2.05, 4.69) is 23.7 Å². The summed E-state index contributed by atoms with van der Waals surface area (Å²) in [5.74, 6) is 1.70. The van der Waals surface area contributed by atoms with Gasteiger partial charge in [-0.05, 0) is 46.9 Å². The number of ether oxygens (including phenoxy) is 1. The second-order valence-corrected chi connectivity index (χ2v) is 6.61. The second-order valence-electron chi connectivity index (χ2n) is 5.74. The lowest BCUT2D eigenvalue weighted by Gasteiger charge is -2.09. The first-order valence-electron chi connectivity index (χ1n) is 8.24. The van der Waals surface area contributed by atoms with Crippen LogP contribution in [0.1, 0.15) is 15.9 Å². The third-order valence-electron chi connectivity index (χ3n) is 3.90. The number of thioether (sulfide) groups is 1. The van der Waals surface area contributed by atoms with E-state index in [9.17, 15) is 4.79 Å². The molecule has 3 aromatic carbocycles. The zero-order valence-corrected chi connectivity index (χ0v) is 15.0. The van der Waals surface area contributed by atoms with Crippen LogP contribution in [0.3, 0.4) is 0 Å². The van der Waals surface area contributed by atoms with E-state index in [1.807, 2.05) is 54.6 Å². The fourth-order valence-electron chi connectivity index (χ4n) is 2.61. The van der Waals surface area contributed by atoms with Crippen molar-refractivity contribution in [3.8, 4) is 5.75 Å². The molecule has 0 radical (unpaired) electrons. The minimum Gasteiger partial charge on any atom is -0.492 e. The summed E-state index contributed by atoms with van der Waals surface area (Å²) in [6, 6.07) is 21.9. The molecule has 0 aliphatic carbocycles. The van der Waals surface area contributed by atoms with Gasteiger partial charge in [0.1, 0.15) is 12.4 Å². The van der Waals surface area contributed by atoms with Gasteiger partial charge in [-0.3, -0.25) is 4.79 Å². The van der Waals surface area contributed by atoms with Crippen molar-refractivity contribution in [2.75, 3.05) is 19.4 Å². The Morgan fingerprint density at radius 3 is 2.52 bits per heavy atom. The van der Waals surface area contributed by atoms with Gasteiger partial charge in [-0.15, -0.1) is 0 Å². The van der Waals surface area contributed by atoms with Crippen molar-refractivity contribution >= 4 is 28.4 Å². The number of nitrogens with one attached hydrogen (secondary N) is 1. The number of fused-ring (bicyclic) bond motifs is 1. The lowest BCUT2D eigenvalue weighted by molar-refractivity contribution is 0.0947. The van der Waals surface area contributed by atoms with E-state index in [0.717, 1.165) is 16.9 Å². The number of hydrogen-bond acceptors (Lipinski definition) is 3. The largest absolute Gasteiger partial charge is 0.492 e. The number of carbonyl (C=O) groups excluding carboxylic acids is 1. The molecule has 1 N–H and O–H groups in total. The molecule has 3 aromatic rings. The molecule has 128 valence electrons. The molecule has 0 bridgehead atoms. The average Bonchev–Trinajstić information content (AvgIpc) is 2.66. The molecular formula is C21H21NO2S. The summed E-state index contributed by atoms with van der Waals surface area (Å²) in [5.41, 5.74) is 1.90. The zero-order chi connectivity index (χ0) is 17.5. The van der Waals surface area contributed by atoms with Gasteiger partial charge in [0.25, 0.3) is 5.91 Å². The summed E-state index contributed by atoms with van der Waals surface area (Å²) in [7, 11) is 0. The maximum atomic E-state index is 12.1. The summed E-state index contributed by atoms with van der Waals surface area (Å²) in [6.07, 6.45) is 2.07. The topological polar surface area (TPSA) is 38.3 Å². The van der Waals surface area contributed by atoms with Crippen LogP contribution in [0.5, 0.6) is 5.75 Å². The highest BCUT2D eigenvalue weighted by Gasteiger charge is 2.05. The number of hydrogen-bond donors (Lipinski definition) is 1. The minimum atomic E-state index is -0.0715. The highest BCUT2D eigenvalue weighted by molar-refractivity contribution is 7.97. The van der Waals surface area contributed by atoms with Gasteiger partial charge in [0, 0.05) is 11.3 Å². The van der Waals surface area contributed by atoms with E-state index < -0.39 is 0 Å². The molecule has 0 aliphatic heterocycles. The van der Waals surface area contributed by atoms with Gasteiger partial charge in [0.15, 0.2) is 0 Å². The standard InChI is InChI=1S/C21H21NO2S/c1-25-15-16-6-8-18(9-7-16)21(23)22-12-13-24-20-11-10-17-4-2-3-5-19(17)14-20/h2-11,14H,12-13,15H2,1H3,(H,22,23). The van der Waals surface area contributed by atoms with Gasteiger partial charge in [0.05, 0.1) is 6.54 Å². The molecule has 3 nitrogen and oxygen atoms in total. The van der Waals surface area contributed by atoms with Crippen LogP contribution < -0.4 is 10.1 Å². The van der Waals surface area contributed by atoms with Crippen molar-refractivity contribution in [2.24, 2.45) is 0 Å². The molecular weight excluding hydrogens is 330 g/mol. The first kappa shape index (κ1) is 17.4. The molecule has 0 atom stereocenters. The molecule has 3 rings (SSSR count). The molecule has 0 saturated carbocycles. The van der Waals surface area contributed by atoms with Crippen LogP contribution in [-0.4, -0.2) is 25.3 Å². The van der Waals surface area contributed by atoms with Gasteiger partial charge in [-0.25, -0.2) is 0 Å². The quantitative estimate of drug-likeness (QED) is 0.637. The molecule has 0 heterocycles. The molecule has 25 heavy (non-hydrogen) atoms. The Labute approximate surface area is 152 Å². The number of amides is 1. The van der Waals surface area contributed by atoms with E-state index >= 15 is 0 Å². The van der Waals surface area contributed by atoms with Crippen molar-refractivity contribution in [1.29, 1.82) is 0 Å². The van der Waals surface area contributed by atoms with Gasteiger partial charge in [-0.2, -0.15) is 11.8 Å². The normalized spacial score (nSPS) is 10.6. The smallest absolute Gasteiger partial charge is 0.251 e. The Kier molecular flexibility index (Phi) is 5.96. The molecule has 0 fully saturated rings. The van der Waals surface area contributed by atoms with Crippen LogP contribution in [0.4, 0.5) is 0 Å². The molecule has 1 amide bonds. The zero-order valence-electron chi connectivity index (χ0n) is 14.2. The summed E-state index contributed by atoms with van der Waals surface area (Å²) < 4.78 is 5.73. The van der Waals surface area contributed by atoms with E-state index in [0.29, 0.717) is 18.7 Å². The van der Waals surface area contributed by atoms with Crippen molar-refractivity contribution in [2.45, 2.75) is 5.75 Å². The first-order chi connectivity index (χ1) is 12.3. The molecule has 0 spiro atoms. The summed E-state index contributed by atoms with van der Waals surface area (Å²) >= 11 is 1.77. The molecule has 0 aliphatic rings. The van der Waals surface area contributed by atoms with E-state index in [1.165, 1.54) is 10.9 Å². The van der Waals surface area contributed by atoms with Gasteiger partial charge in [0.2, 0.25) is 0 Å². The van der Waals surface area contributed by atoms with Crippen molar-refractivity contribution in [3.05, 3.63) is 77.9 Å². The summed E-state index contributed by atoms with van der Waals surface area (Å²) in [5, 5.41) is 5.22. The van der Waals surface area contributed by atoms with Crippen molar-refractivity contribution in [3.63, 3.8) is 0 Å². The van der Waals surface area contributed by atoms with Crippen LogP contribution in [0.15, 0.2) is 66.7 Å². The highest BCUT2D eigenvalue weighted by Crippen LogP contribution is 2.20. The maximum Gasteiger partial charge on any atom is 0.251 e. The fourth-order valence-corrected chi connectivity index (χ4v) is 3.14. The fraction of sp³-hybridized carbons (Fsp3) is 0.190. The molecule has 0 saturated heterocycles. The Hall–Kier alpha value is -2.46. The second kappa shape index (κ2) is 8.58. The summed E-state index contributed by atoms with van der Waals surface area (Å²) in [4.78, 5) is 12.1. The Balaban J connectivity index is 1.47. The Bertz CT molecular complexity index is 846. The lowest BCUT2D eigenvalue weighted by Crippen LogP contribution is -2.28. The third-order valence-corrected chi connectivity index (χ3v) is 4.53. The molecule has 4 heteroatoms. The van der Waals surface area contributed by atoms with Crippen LogP contribution in [-0.2, 0) is 5.75 Å². The number of rotatable bonds is 7. The SMILES string of the molecule is CSCc1ccc(C(=O)NCCOc2ccc3ccccc3c2)cc1.